The van der Waals surface area contributed by atoms with Gasteiger partial charge in [-0.15, -0.1) is 0 Å². The molecule has 1 atom stereocenters. The van der Waals surface area contributed by atoms with Gasteiger partial charge in [-0.3, -0.25) is 4.90 Å². The number of aliphatic hydroxyl groups is 1. The highest BCUT2D eigenvalue weighted by Crippen LogP contribution is 2.13. The normalized spacial score (nSPS) is 14.2. The van der Waals surface area contributed by atoms with Crippen LogP contribution < -0.4 is 0 Å². The van der Waals surface area contributed by atoms with E-state index >= 15 is 0 Å². The highest BCUT2D eigenvalue weighted by atomic mass is 127. The first-order valence-electron chi connectivity index (χ1n) is 5.35. The maximum Gasteiger partial charge on any atom is 0.0639 e. The van der Waals surface area contributed by atoms with Crippen LogP contribution in [-0.2, 0) is 0 Å². The maximum absolute atomic E-state index is 9.26. The second-order valence-electron chi connectivity index (χ2n) is 4.05. The molecule has 1 aromatic rings. The summed E-state index contributed by atoms with van der Waals surface area (Å²) < 4.78 is 1.27. The molecule has 3 heteroatoms. The minimum atomic E-state index is -0.272. The van der Waals surface area contributed by atoms with Crippen LogP contribution in [0.15, 0.2) is 33.9 Å². The number of halogens is 1. The van der Waals surface area contributed by atoms with Crippen LogP contribution in [0.3, 0.4) is 0 Å². The molecule has 0 saturated carbocycles. The van der Waals surface area contributed by atoms with E-state index in [1.165, 1.54) is 9.14 Å². The zero-order valence-corrected chi connectivity index (χ0v) is 11.9. The van der Waals surface area contributed by atoms with Crippen molar-refractivity contribution in [1.29, 1.82) is 0 Å². The van der Waals surface area contributed by atoms with Crippen molar-refractivity contribution in [2.24, 2.45) is 0 Å². The van der Waals surface area contributed by atoms with Crippen molar-refractivity contribution >= 4 is 28.7 Å². The predicted octanol–water partition coefficient (Wildman–Crippen LogP) is 2.78. The molecule has 1 unspecified atom stereocenters. The van der Waals surface area contributed by atoms with Gasteiger partial charge in [-0.2, -0.15) is 0 Å². The summed E-state index contributed by atoms with van der Waals surface area (Å²) in [7, 11) is 2.02. The number of likely N-dealkylation sites (N-methyl/N-ethyl adjacent to an activating group) is 1. The standard InChI is InChI=1S/C13H18INO/c1-11(16)9-15(2)10-13(14)8-12-6-4-3-5-7-12/h3-8,11,16H,9-10H2,1-2H3/b13-8-. The largest absolute Gasteiger partial charge is 0.392 e. The molecule has 0 radical (unpaired) electrons. The fraction of sp³-hybridized carbons (Fsp3) is 0.385. The van der Waals surface area contributed by atoms with E-state index in [-0.39, 0.29) is 6.10 Å². The topological polar surface area (TPSA) is 23.5 Å². The van der Waals surface area contributed by atoms with Crippen LogP contribution in [0.25, 0.3) is 6.08 Å². The van der Waals surface area contributed by atoms with Gasteiger partial charge in [-0.05, 0) is 48.2 Å². The third kappa shape index (κ3) is 5.63. The second-order valence-corrected chi connectivity index (χ2v) is 5.43. The van der Waals surface area contributed by atoms with Crippen LogP contribution in [0.2, 0.25) is 0 Å². The number of benzene rings is 1. The van der Waals surface area contributed by atoms with E-state index in [1.807, 2.05) is 32.2 Å². The molecule has 1 aromatic carbocycles. The Balaban J connectivity index is 2.52. The van der Waals surface area contributed by atoms with Gasteiger partial charge in [0.1, 0.15) is 0 Å². The Hall–Kier alpha value is -0.390. The summed E-state index contributed by atoms with van der Waals surface area (Å²) in [6.07, 6.45) is 1.89. The highest BCUT2D eigenvalue weighted by Gasteiger charge is 2.03. The van der Waals surface area contributed by atoms with Crippen molar-refractivity contribution in [3.8, 4) is 0 Å². The van der Waals surface area contributed by atoms with Crippen molar-refractivity contribution < 1.29 is 5.11 Å². The Kier molecular flexibility index (Phi) is 6.01. The summed E-state index contributed by atoms with van der Waals surface area (Å²) >= 11 is 2.34. The van der Waals surface area contributed by atoms with E-state index in [4.69, 9.17) is 0 Å². The first-order chi connectivity index (χ1) is 7.58. The predicted molar refractivity (Wildman–Crippen MR) is 77.6 cm³/mol. The van der Waals surface area contributed by atoms with E-state index in [9.17, 15) is 5.11 Å². The molecule has 0 aliphatic rings. The average molecular weight is 331 g/mol. The summed E-state index contributed by atoms with van der Waals surface area (Å²) in [5.74, 6) is 0. The van der Waals surface area contributed by atoms with Crippen molar-refractivity contribution in [2.45, 2.75) is 13.0 Å². The van der Waals surface area contributed by atoms with Crippen molar-refractivity contribution in [1.82, 2.24) is 4.90 Å². The molecule has 16 heavy (non-hydrogen) atoms. The van der Waals surface area contributed by atoms with Crippen LogP contribution >= 0.6 is 22.6 Å². The van der Waals surface area contributed by atoms with E-state index < -0.39 is 0 Å². The molecule has 1 N–H and O–H groups in total. The number of rotatable bonds is 5. The van der Waals surface area contributed by atoms with Gasteiger partial charge in [-0.25, -0.2) is 0 Å². The molecule has 0 saturated heterocycles. The van der Waals surface area contributed by atoms with Gasteiger partial charge < -0.3 is 5.11 Å². The molecule has 0 aliphatic carbocycles. The van der Waals surface area contributed by atoms with Gasteiger partial charge in [0.05, 0.1) is 6.10 Å². The molecule has 2 nitrogen and oxygen atoms in total. The van der Waals surface area contributed by atoms with Gasteiger partial charge in [0.2, 0.25) is 0 Å². The number of aliphatic hydroxyl groups excluding tert-OH is 1. The summed E-state index contributed by atoms with van der Waals surface area (Å²) in [6.45, 7) is 3.39. The summed E-state index contributed by atoms with van der Waals surface area (Å²) in [6, 6.07) is 10.3. The second kappa shape index (κ2) is 7.04. The molecule has 0 amide bonds. The van der Waals surface area contributed by atoms with Gasteiger partial charge in [-0.1, -0.05) is 30.3 Å². The Morgan fingerprint density at radius 3 is 2.62 bits per heavy atom. The lowest BCUT2D eigenvalue weighted by Crippen LogP contribution is -2.28. The number of nitrogens with zero attached hydrogens (tertiary/aromatic N) is 1. The van der Waals surface area contributed by atoms with Crippen LogP contribution in [-0.4, -0.2) is 36.2 Å². The lowest BCUT2D eigenvalue weighted by atomic mass is 10.2. The lowest BCUT2D eigenvalue weighted by Gasteiger charge is -2.17. The molecular weight excluding hydrogens is 313 g/mol. The Morgan fingerprint density at radius 1 is 1.44 bits per heavy atom. The fourth-order valence-corrected chi connectivity index (χ4v) is 2.49. The molecule has 0 aromatic heterocycles. The highest BCUT2D eigenvalue weighted by molar-refractivity contribution is 14.1. The summed E-state index contributed by atoms with van der Waals surface area (Å²) in [4.78, 5) is 2.12. The molecule has 0 fully saturated rings. The van der Waals surface area contributed by atoms with Crippen molar-refractivity contribution in [2.75, 3.05) is 20.1 Å². The molecule has 1 rings (SSSR count). The molecule has 0 heterocycles. The maximum atomic E-state index is 9.26. The minimum Gasteiger partial charge on any atom is -0.392 e. The zero-order chi connectivity index (χ0) is 12.0. The Bertz CT molecular complexity index is 335. The minimum absolute atomic E-state index is 0.272. The van der Waals surface area contributed by atoms with Crippen LogP contribution in [0.4, 0.5) is 0 Å². The Morgan fingerprint density at radius 2 is 2.06 bits per heavy atom. The number of hydrogen-bond acceptors (Lipinski definition) is 2. The van der Waals surface area contributed by atoms with Crippen LogP contribution in [0.1, 0.15) is 12.5 Å². The monoisotopic (exact) mass is 331 g/mol. The van der Waals surface area contributed by atoms with Crippen LogP contribution in [0, 0.1) is 0 Å². The zero-order valence-electron chi connectivity index (χ0n) is 9.73. The first-order valence-corrected chi connectivity index (χ1v) is 6.43. The van der Waals surface area contributed by atoms with Gasteiger partial charge in [0, 0.05) is 16.7 Å². The molecular formula is C13H18INO. The van der Waals surface area contributed by atoms with E-state index in [2.05, 4.69) is 45.7 Å². The molecule has 0 bridgehead atoms. The lowest BCUT2D eigenvalue weighted by molar-refractivity contribution is 0.147. The average Bonchev–Trinajstić information content (AvgIpc) is 2.17. The van der Waals surface area contributed by atoms with Crippen molar-refractivity contribution in [3.05, 3.63) is 39.5 Å². The van der Waals surface area contributed by atoms with E-state index in [0.29, 0.717) is 6.54 Å². The smallest absolute Gasteiger partial charge is 0.0639 e. The van der Waals surface area contributed by atoms with Crippen molar-refractivity contribution in [3.63, 3.8) is 0 Å². The van der Waals surface area contributed by atoms with Gasteiger partial charge in [0.25, 0.3) is 0 Å². The first kappa shape index (κ1) is 13.7. The fourth-order valence-electron chi connectivity index (χ4n) is 1.55. The SMILES string of the molecule is CC(O)CN(C)C/C(I)=C/c1ccccc1. The van der Waals surface area contributed by atoms with Gasteiger partial charge >= 0.3 is 0 Å². The van der Waals surface area contributed by atoms with E-state index in [1.54, 1.807) is 0 Å². The summed E-state index contributed by atoms with van der Waals surface area (Å²) in [5, 5.41) is 9.26. The molecule has 0 aliphatic heterocycles. The number of hydrogen-bond donors (Lipinski definition) is 1. The third-order valence-electron chi connectivity index (χ3n) is 2.12. The van der Waals surface area contributed by atoms with Gasteiger partial charge in [0.15, 0.2) is 0 Å². The molecule has 0 spiro atoms. The van der Waals surface area contributed by atoms with Crippen LogP contribution in [0.5, 0.6) is 0 Å². The summed E-state index contributed by atoms with van der Waals surface area (Å²) in [5.41, 5.74) is 1.22. The Labute approximate surface area is 111 Å². The third-order valence-corrected chi connectivity index (χ3v) is 2.77. The van der Waals surface area contributed by atoms with E-state index in [0.717, 1.165) is 6.54 Å². The quantitative estimate of drug-likeness (QED) is 0.839. The molecule has 88 valence electrons.